The summed E-state index contributed by atoms with van der Waals surface area (Å²) in [7, 11) is 3.10. The van der Waals surface area contributed by atoms with Gasteiger partial charge in [0.05, 0.1) is 19.8 Å². The van der Waals surface area contributed by atoms with E-state index in [0.29, 0.717) is 40.3 Å². The molecule has 0 atom stereocenters. The lowest BCUT2D eigenvalue weighted by molar-refractivity contribution is 0.112. The number of aromatic nitrogens is 1. The lowest BCUT2D eigenvalue weighted by Crippen LogP contribution is -1.89. The molecule has 0 spiro atoms. The SMILES string of the molecule is COc1cc(OC)cc(-c2nc3c(C=O)c(O)ccc3o2)c1. The van der Waals surface area contributed by atoms with E-state index in [1.165, 1.54) is 6.07 Å². The Morgan fingerprint density at radius 1 is 1.14 bits per heavy atom. The molecule has 0 unspecified atom stereocenters. The van der Waals surface area contributed by atoms with Crippen LogP contribution in [0.4, 0.5) is 0 Å². The number of oxazole rings is 1. The molecule has 1 N–H and O–H groups in total. The molecule has 1 heterocycles. The minimum atomic E-state index is -0.134. The van der Waals surface area contributed by atoms with Crippen molar-refractivity contribution in [2.45, 2.75) is 0 Å². The van der Waals surface area contributed by atoms with Gasteiger partial charge in [-0.3, -0.25) is 4.79 Å². The average molecular weight is 299 g/mol. The molecule has 3 aromatic rings. The molecule has 0 saturated heterocycles. The highest BCUT2D eigenvalue weighted by Gasteiger charge is 2.15. The van der Waals surface area contributed by atoms with E-state index in [1.807, 2.05) is 0 Å². The highest BCUT2D eigenvalue weighted by molar-refractivity contribution is 5.97. The van der Waals surface area contributed by atoms with Crippen molar-refractivity contribution in [3.8, 4) is 28.7 Å². The first-order valence-corrected chi connectivity index (χ1v) is 6.47. The summed E-state index contributed by atoms with van der Waals surface area (Å²) in [5.41, 5.74) is 1.47. The van der Waals surface area contributed by atoms with Crippen molar-refractivity contribution in [3.05, 3.63) is 35.9 Å². The van der Waals surface area contributed by atoms with E-state index in [0.717, 1.165) is 0 Å². The van der Waals surface area contributed by atoms with Gasteiger partial charge in [-0.1, -0.05) is 0 Å². The maximum Gasteiger partial charge on any atom is 0.227 e. The molecule has 2 aromatic carbocycles. The molecular formula is C16H13NO5. The third kappa shape index (κ3) is 2.24. The lowest BCUT2D eigenvalue weighted by Gasteiger charge is -2.05. The van der Waals surface area contributed by atoms with E-state index in [4.69, 9.17) is 13.9 Å². The topological polar surface area (TPSA) is 81.8 Å². The van der Waals surface area contributed by atoms with Gasteiger partial charge in [0.2, 0.25) is 5.89 Å². The normalized spacial score (nSPS) is 10.6. The molecule has 3 rings (SSSR count). The third-order valence-corrected chi connectivity index (χ3v) is 3.29. The summed E-state index contributed by atoms with van der Waals surface area (Å²) >= 11 is 0. The van der Waals surface area contributed by atoms with Crippen molar-refractivity contribution in [1.29, 1.82) is 0 Å². The predicted molar refractivity (Wildman–Crippen MR) is 79.6 cm³/mol. The molecule has 0 aliphatic heterocycles. The molecule has 0 aliphatic rings. The predicted octanol–water partition coefficient (Wildman–Crippen LogP) is 3.03. The molecule has 0 bridgehead atoms. The van der Waals surface area contributed by atoms with Crippen LogP contribution in [0.2, 0.25) is 0 Å². The standard InChI is InChI=1S/C16H13NO5/c1-20-10-5-9(6-11(7-10)21-2)16-17-15-12(8-18)13(19)3-4-14(15)22-16/h3-8,19H,1-2H3. The number of rotatable bonds is 4. The van der Waals surface area contributed by atoms with E-state index in [1.54, 1.807) is 38.5 Å². The first-order valence-electron chi connectivity index (χ1n) is 6.47. The van der Waals surface area contributed by atoms with E-state index in [9.17, 15) is 9.90 Å². The zero-order chi connectivity index (χ0) is 15.7. The highest BCUT2D eigenvalue weighted by Crippen LogP contribution is 2.33. The second-order valence-corrected chi connectivity index (χ2v) is 4.58. The summed E-state index contributed by atoms with van der Waals surface area (Å²) in [5, 5.41) is 9.70. The number of hydrogen-bond acceptors (Lipinski definition) is 6. The van der Waals surface area contributed by atoms with Crippen LogP contribution < -0.4 is 9.47 Å². The van der Waals surface area contributed by atoms with Gasteiger partial charge in [0.25, 0.3) is 0 Å². The Morgan fingerprint density at radius 2 is 1.82 bits per heavy atom. The van der Waals surface area contributed by atoms with Crippen LogP contribution in [0.1, 0.15) is 10.4 Å². The van der Waals surface area contributed by atoms with Crippen molar-refractivity contribution < 1.29 is 23.8 Å². The number of methoxy groups -OCH3 is 2. The van der Waals surface area contributed by atoms with E-state index < -0.39 is 0 Å². The summed E-state index contributed by atoms with van der Waals surface area (Å²) in [5.74, 6) is 1.36. The fraction of sp³-hybridized carbons (Fsp3) is 0.125. The summed E-state index contributed by atoms with van der Waals surface area (Å²) in [6.45, 7) is 0. The van der Waals surface area contributed by atoms with Crippen LogP contribution in [-0.2, 0) is 0 Å². The molecular weight excluding hydrogens is 286 g/mol. The van der Waals surface area contributed by atoms with Gasteiger partial charge >= 0.3 is 0 Å². The minimum Gasteiger partial charge on any atom is -0.507 e. The zero-order valence-electron chi connectivity index (χ0n) is 12.0. The zero-order valence-corrected chi connectivity index (χ0v) is 12.0. The number of ether oxygens (including phenoxy) is 2. The molecule has 112 valence electrons. The maximum atomic E-state index is 11.1. The van der Waals surface area contributed by atoms with Gasteiger partial charge in [-0.05, 0) is 24.3 Å². The van der Waals surface area contributed by atoms with Crippen molar-refractivity contribution in [1.82, 2.24) is 4.98 Å². The van der Waals surface area contributed by atoms with Crippen LogP contribution in [0.5, 0.6) is 17.2 Å². The first kappa shape index (κ1) is 13.9. The van der Waals surface area contributed by atoms with Gasteiger partial charge in [0, 0.05) is 11.6 Å². The summed E-state index contributed by atoms with van der Waals surface area (Å²) in [6, 6.07) is 8.18. The Kier molecular flexibility index (Phi) is 3.42. The third-order valence-electron chi connectivity index (χ3n) is 3.29. The fourth-order valence-electron chi connectivity index (χ4n) is 2.17. The van der Waals surface area contributed by atoms with Gasteiger partial charge < -0.3 is 19.0 Å². The number of phenolic OH excluding ortho intramolecular Hbond substituents is 1. The number of aromatic hydroxyl groups is 1. The molecule has 1 aromatic heterocycles. The highest BCUT2D eigenvalue weighted by atomic mass is 16.5. The van der Waals surface area contributed by atoms with Crippen molar-refractivity contribution >= 4 is 17.4 Å². The number of hydrogen-bond donors (Lipinski definition) is 1. The second kappa shape index (κ2) is 5.40. The molecule has 22 heavy (non-hydrogen) atoms. The summed E-state index contributed by atoms with van der Waals surface area (Å²) < 4.78 is 16.1. The minimum absolute atomic E-state index is 0.0994. The monoisotopic (exact) mass is 299 g/mol. The summed E-state index contributed by atoms with van der Waals surface area (Å²) in [4.78, 5) is 15.4. The Bertz CT molecular complexity index is 831. The molecule has 0 fully saturated rings. The number of benzene rings is 2. The van der Waals surface area contributed by atoms with Crippen molar-refractivity contribution in [2.24, 2.45) is 0 Å². The molecule has 0 amide bonds. The summed E-state index contributed by atoms with van der Waals surface area (Å²) in [6.07, 6.45) is 0.552. The van der Waals surface area contributed by atoms with Gasteiger partial charge in [-0.15, -0.1) is 0 Å². The second-order valence-electron chi connectivity index (χ2n) is 4.58. The molecule has 6 nitrogen and oxygen atoms in total. The van der Waals surface area contributed by atoms with Crippen LogP contribution in [0.3, 0.4) is 0 Å². The number of nitrogens with zero attached hydrogens (tertiary/aromatic N) is 1. The first-order chi connectivity index (χ1) is 10.7. The van der Waals surface area contributed by atoms with Crippen molar-refractivity contribution in [3.63, 3.8) is 0 Å². The molecule has 0 aliphatic carbocycles. The lowest BCUT2D eigenvalue weighted by atomic mass is 10.2. The molecule has 0 radical (unpaired) electrons. The van der Waals surface area contributed by atoms with Crippen molar-refractivity contribution in [2.75, 3.05) is 14.2 Å². The number of carbonyl (C=O) groups excluding carboxylic acids is 1. The van der Waals surface area contributed by atoms with Gasteiger partial charge in [-0.25, -0.2) is 4.98 Å². The van der Waals surface area contributed by atoms with Gasteiger partial charge in [0.1, 0.15) is 22.8 Å². The number of carbonyl (C=O) groups is 1. The van der Waals surface area contributed by atoms with Gasteiger partial charge in [-0.2, -0.15) is 0 Å². The number of phenols is 1. The van der Waals surface area contributed by atoms with E-state index in [-0.39, 0.29) is 11.3 Å². The van der Waals surface area contributed by atoms with Crippen LogP contribution in [-0.4, -0.2) is 30.6 Å². The Hall–Kier alpha value is -3.02. The van der Waals surface area contributed by atoms with E-state index >= 15 is 0 Å². The fourth-order valence-corrected chi connectivity index (χ4v) is 2.17. The Morgan fingerprint density at radius 3 is 2.41 bits per heavy atom. The van der Waals surface area contributed by atoms with Gasteiger partial charge in [0.15, 0.2) is 11.9 Å². The van der Waals surface area contributed by atoms with Crippen LogP contribution >= 0.6 is 0 Å². The average Bonchev–Trinajstić information content (AvgIpc) is 2.98. The number of aldehydes is 1. The smallest absolute Gasteiger partial charge is 0.227 e. The van der Waals surface area contributed by atoms with E-state index in [2.05, 4.69) is 4.98 Å². The molecule has 0 saturated carbocycles. The molecule has 6 heteroatoms. The number of fused-ring (bicyclic) bond motifs is 1. The van der Waals surface area contributed by atoms with Crippen LogP contribution in [0.15, 0.2) is 34.7 Å². The maximum absolute atomic E-state index is 11.1. The van der Waals surface area contributed by atoms with Crippen LogP contribution in [0, 0.1) is 0 Å². The quantitative estimate of drug-likeness (QED) is 0.746. The van der Waals surface area contributed by atoms with Crippen LogP contribution in [0.25, 0.3) is 22.6 Å². The largest absolute Gasteiger partial charge is 0.507 e. The Labute approximate surface area is 125 Å². The Balaban J connectivity index is 2.20.